The average Bonchev–Trinajstić information content (AvgIpc) is 3.06. The molecule has 8 nitrogen and oxygen atoms in total. The summed E-state index contributed by atoms with van der Waals surface area (Å²) in [6.07, 6.45) is 1.04. The van der Waals surface area contributed by atoms with Crippen LogP contribution in [0.5, 0.6) is 11.5 Å². The van der Waals surface area contributed by atoms with Crippen LogP contribution in [0.1, 0.15) is 18.4 Å². The van der Waals surface area contributed by atoms with E-state index in [1.807, 2.05) is 12.1 Å². The number of fused-ring (bicyclic) bond motifs is 1. The van der Waals surface area contributed by atoms with Gasteiger partial charge in [-0.15, -0.1) is 0 Å². The highest BCUT2D eigenvalue weighted by atomic mass is 16.7. The third-order valence-electron chi connectivity index (χ3n) is 4.45. The minimum Gasteiger partial charge on any atom is -0.454 e. The van der Waals surface area contributed by atoms with E-state index in [0.717, 1.165) is 5.56 Å². The fraction of sp³-hybridized carbons (Fsp3) is 0.500. The molecule has 1 fully saturated rings. The van der Waals surface area contributed by atoms with Crippen LogP contribution in [0.2, 0.25) is 0 Å². The van der Waals surface area contributed by atoms with Crippen molar-refractivity contribution in [2.75, 3.05) is 26.6 Å². The lowest BCUT2D eigenvalue weighted by molar-refractivity contribution is -0.132. The third-order valence-corrected chi connectivity index (χ3v) is 4.45. The van der Waals surface area contributed by atoms with Crippen LogP contribution >= 0.6 is 0 Å². The van der Waals surface area contributed by atoms with E-state index in [1.165, 1.54) is 0 Å². The van der Waals surface area contributed by atoms with Crippen molar-refractivity contribution in [3.8, 4) is 11.5 Å². The van der Waals surface area contributed by atoms with E-state index in [9.17, 15) is 9.59 Å². The number of amides is 3. The summed E-state index contributed by atoms with van der Waals surface area (Å²) in [4.78, 5) is 23.7. The van der Waals surface area contributed by atoms with Gasteiger partial charge in [-0.3, -0.25) is 4.79 Å². The SMILES string of the molecule is NC(=O)C1(CNC(=O)NCc2ccc3c(c2)OCO3)CCOCC1. The zero-order valence-corrected chi connectivity index (χ0v) is 13.3. The zero-order valence-electron chi connectivity index (χ0n) is 13.3. The number of hydrogen-bond donors (Lipinski definition) is 3. The Morgan fingerprint density at radius 1 is 1.12 bits per heavy atom. The highest BCUT2D eigenvalue weighted by Gasteiger charge is 2.38. The molecule has 0 unspecified atom stereocenters. The molecular weight excluding hydrogens is 314 g/mol. The Morgan fingerprint density at radius 2 is 1.88 bits per heavy atom. The van der Waals surface area contributed by atoms with E-state index in [-0.39, 0.29) is 19.4 Å². The zero-order chi connectivity index (χ0) is 17.0. The quantitative estimate of drug-likeness (QED) is 0.725. The van der Waals surface area contributed by atoms with Gasteiger partial charge in [-0.1, -0.05) is 6.07 Å². The number of benzene rings is 1. The van der Waals surface area contributed by atoms with Crippen molar-refractivity contribution < 1.29 is 23.8 Å². The van der Waals surface area contributed by atoms with E-state index >= 15 is 0 Å². The molecule has 3 amide bonds. The summed E-state index contributed by atoms with van der Waals surface area (Å²) < 4.78 is 15.8. The highest BCUT2D eigenvalue weighted by Crippen LogP contribution is 2.32. The van der Waals surface area contributed by atoms with Gasteiger partial charge in [-0.05, 0) is 30.5 Å². The summed E-state index contributed by atoms with van der Waals surface area (Å²) in [5, 5.41) is 5.49. The molecule has 1 aromatic rings. The van der Waals surface area contributed by atoms with Gasteiger partial charge in [-0.25, -0.2) is 4.79 Å². The maximum absolute atomic E-state index is 12.0. The molecule has 0 atom stereocenters. The second-order valence-electron chi connectivity index (χ2n) is 5.98. The summed E-state index contributed by atoms with van der Waals surface area (Å²) in [6.45, 7) is 1.71. The molecular formula is C16H21N3O5. The Morgan fingerprint density at radius 3 is 2.62 bits per heavy atom. The Kier molecular flexibility index (Phi) is 4.75. The Balaban J connectivity index is 1.49. The number of nitrogens with one attached hydrogen (secondary N) is 2. The van der Waals surface area contributed by atoms with E-state index in [1.54, 1.807) is 6.07 Å². The van der Waals surface area contributed by atoms with Gasteiger partial charge in [0.25, 0.3) is 0 Å². The molecule has 2 aliphatic heterocycles. The molecule has 2 aliphatic rings. The molecule has 24 heavy (non-hydrogen) atoms. The number of urea groups is 1. The minimum absolute atomic E-state index is 0.207. The predicted molar refractivity (Wildman–Crippen MR) is 84.5 cm³/mol. The molecule has 0 bridgehead atoms. The lowest BCUT2D eigenvalue weighted by Gasteiger charge is -2.34. The van der Waals surface area contributed by atoms with Crippen molar-refractivity contribution in [2.45, 2.75) is 19.4 Å². The standard InChI is InChI=1S/C16H21N3O5/c17-14(20)16(3-5-22-6-4-16)9-19-15(21)18-8-11-1-2-12-13(7-11)24-10-23-12/h1-2,7H,3-6,8-10H2,(H2,17,20)(H2,18,19,21). The number of carbonyl (C=O) groups excluding carboxylic acids is 2. The first kappa shape index (κ1) is 16.4. The molecule has 1 aromatic carbocycles. The van der Waals surface area contributed by atoms with Gasteiger partial charge in [0.2, 0.25) is 12.7 Å². The van der Waals surface area contributed by atoms with Gasteiger partial charge in [0, 0.05) is 26.3 Å². The summed E-state index contributed by atoms with van der Waals surface area (Å²) in [5.74, 6) is 0.970. The van der Waals surface area contributed by atoms with Gasteiger partial charge < -0.3 is 30.6 Å². The normalized spacial score (nSPS) is 18.0. The number of primary amides is 1. The van der Waals surface area contributed by atoms with E-state index < -0.39 is 11.3 Å². The van der Waals surface area contributed by atoms with Crippen molar-refractivity contribution in [1.29, 1.82) is 0 Å². The van der Waals surface area contributed by atoms with Crippen LogP contribution in [0.4, 0.5) is 4.79 Å². The first-order valence-electron chi connectivity index (χ1n) is 7.87. The smallest absolute Gasteiger partial charge is 0.315 e. The summed E-state index contributed by atoms with van der Waals surface area (Å²) in [6, 6.07) is 5.14. The molecule has 0 aromatic heterocycles. The molecule has 3 rings (SSSR count). The fourth-order valence-electron chi connectivity index (χ4n) is 2.82. The first-order chi connectivity index (χ1) is 11.6. The summed E-state index contributed by atoms with van der Waals surface area (Å²) in [5.41, 5.74) is 5.68. The van der Waals surface area contributed by atoms with Crippen molar-refractivity contribution >= 4 is 11.9 Å². The second kappa shape index (κ2) is 6.96. The summed E-state index contributed by atoms with van der Waals surface area (Å²) in [7, 11) is 0. The van der Waals surface area contributed by atoms with Gasteiger partial charge in [-0.2, -0.15) is 0 Å². The lowest BCUT2D eigenvalue weighted by atomic mass is 9.79. The van der Waals surface area contributed by atoms with Crippen LogP contribution < -0.4 is 25.8 Å². The largest absolute Gasteiger partial charge is 0.454 e. The van der Waals surface area contributed by atoms with Gasteiger partial charge in [0.05, 0.1) is 5.41 Å². The minimum atomic E-state index is -0.728. The van der Waals surface area contributed by atoms with Gasteiger partial charge in [0.1, 0.15) is 0 Å². The third kappa shape index (κ3) is 3.53. The van der Waals surface area contributed by atoms with E-state index in [0.29, 0.717) is 44.1 Å². The molecule has 4 N–H and O–H groups in total. The molecule has 0 aliphatic carbocycles. The number of rotatable bonds is 5. The Hall–Kier alpha value is -2.48. The van der Waals surface area contributed by atoms with Gasteiger partial charge in [0.15, 0.2) is 11.5 Å². The van der Waals surface area contributed by atoms with Crippen molar-refractivity contribution in [2.24, 2.45) is 11.1 Å². The van der Waals surface area contributed by atoms with Crippen molar-refractivity contribution in [3.63, 3.8) is 0 Å². The topological polar surface area (TPSA) is 112 Å². The van der Waals surface area contributed by atoms with Crippen LogP contribution in [-0.4, -0.2) is 38.5 Å². The van der Waals surface area contributed by atoms with Crippen LogP contribution in [0.25, 0.3) is 0 Å². The molecule has 0 saturated carbocycles. The van der Waals surface area contributed by atoms with E-state index in [2.05, 4.69) is 10.6 Å². The van der Waals surface area contributed by atoms with Crippen LogP contribution in [-0.2, 0) is 16.1 Å². The molecule has 0 radical (unpaired) electrons. The lowest BCUT2D eigenvalue weighted by Crippen LogP contribution is -2.51. The van der Waals surface area contributed by atoms with Crippen LogP contribution in [0, 0.1) is 5.41 Å². The van der Waals surface area contributed by atoms with Crippen LogP contribution in [0.15, 0.2) is 18.2 Å². The Bertz CT molecular complexity index is 628. The van der Waals surface area contributed by atoms with Crippen LogP contribution in [0.3, 0.4) is 0 Å². The molecule has 130 valence electrons. The number of ether oxygens (including phenoxy) is 3. The number of nitrogens with two attached hydrogens (primary N) is 1. The fourth-order valence-corrected chi connectivity index (χ4v) is 2.82. The number of carbonyl (C=O) groups is 2. The summed E-state index contributed by atoms with van der Waals surface area (Å²) >= 11 is 0. The maximum Gasteiger partial charge on any atom is 0.315 e. The second-order valence-corrected chi connectivity index (χ2v) is 5.98. The first-order valence-corrected chi connectivity index (χ1v) is 7.87. The molecule has 1 saturated heterocycles. The molecule has 0 spiro atoms. The number of hydrogen-bond acceptors (Lipinski definition) is 5. The van der Waals surface area contributed by atoms with Gasteiger partial charge >= 0.3 is 6.03 Å². The van der Waals surface area contributed by atoms with Crippen molar-refractivity contribution in [3.05, 3.63) is 23.8 Å². The molecule has 2 heterocycles. The van der Waals surface area contributed by atoms with E-state index in [4.69, 9.17) is 19.9 Å². The monoisotopic (exact) mass is 335 g/mol. The molecule has 8 heteroatoms. The Labute approximate surface area is 139 Å². The predicted octanol–water partition coefficient (Wildman–Crippen LogP) is 0.497. The van der Waals surface area contributed by atoms with Crippen molar-refractivity contribution in [1.82, 2.24) is 10.6 Å². The maximum atomic E-state index is 12.0. The average molecular weight is 335 g/mol. The highest BCUT2D eigenvalue weighted by molar-refractivity contribution is 5.82.